The number of methoxy groups -OCH3 is 1. The van der Waals surface area contributed by atoms with Gasteiger partial charge < -0.3 is 24.2 Å². The lowest BCUT2D eigenvalue weighted by atomic mass is 9.91. The van der Waals surface area contributed by atoms with Gasteiger partial charge in [0, 0.05) is 25.1 Å². The molecule has 1 unspecified atom stereocenters. The number of carbonyl (C=O) groups is 2. The molecule has 0 saturated carbocycles. The Balaban J connectivity index is 1.02. The summed E-state index contributed by atoms with van der Waals surface area (Å²) in [6.45, 7) is 0.609. The van der Waals surface area contributed by atoms with E-state index in [0.29, 0.717) is 35.9 Å². The molecular weight excluding hydrogens is 654 g/mol. The summed E-state index contributed by atoms with van der Waals surface area (Å²) in [5.74, 6) is 0.660. The predicted molar refractivity (Wildman–Crippen MR) is 185 cm³/mol. The second-order valence-electron chi connectivity index (χ2n) is 11.9. The highest BCUT2D eigenvalue weighted by Crippen LogP contribution is 2.37. The van der Waals surface area contributed by atoms with Gasteiger partial charge in [0.05, 0.1) is 36.9 Å². The van der Waals surface area contributed by atoms with E-state index in [4.69, 9.17) is 14.0 Å². The largest absolute Gasteiger partial charge is 0.496 e. The topological polar surface area (TPSA) is 168 Å². The molecule has 0 spiro atoms. The number of carbonyl (C=O) groups excluding carboxylic acids is 2. The molecule has 51 heavy (non-hydrogen) atoms. The molecular formula is C37H33N7O7. The first-order valence-corrected chi connectivity index (χ1v) is 16.3. The number of nitrogens with one attached hydrogen (secondary N) is 1. The maximum atomic E-state index is 13.9. The number of hydrogen-bond donors (Lipinski definition) is 1. The van der Waals surface area contributed by atoms with E-state index in [9.17, 15) is 19.7 Å². The SMILES string of the molecule is COc1ccc2ccccc2c1-c1cc(CNC(=O)C2c3ccccc3CCN2C(=O)CCn2cc(COc3ccccc3[N+](=O)[O-])nn2)on1. The van der Waals surface area contributed by atoms with Crippen LogP contribution in [0.1, 0.15) is 35.0 Å². The lowest BCUT2D eigenvalue weighted by Crippen LogP contribution is -2.47. The van der Waals surface area contributed by atoms with Gasteiger partial charge in [0.1, 0.15) is 29.8 Å². The number of fused-ring (bicyclic) bond motifs is 2. The highest BCUT2D eigenvalue weighted by molar-refractivity contribution is 5.99. The molecule has 6 aromatic rings. The van der Waals surface area contributed by atoms with Crippen molar-refractivity contribution in [1.29, 1.82) is 0 Å². The first-order valence-electron chi connectivity index (χ1n) is 16.3. The lowest BCUT2D eigenvalue weighted by Gasteiger charge is -2.36. The van der Waals surface area contributed by atoms with Crippen LogP contribution in [0.15, 0.2) is 102 Å². The van der Waals surface area contributed by atoms with E-state index in [1.165, 1.54) is 16.8 Å². The van der Waals surface area contributed by atoms with Crippen molar-refractivity contribution in [2.45, 2.75) is 38.6 Å². The summed E-state index contributed by atoms with van der Waals surface area (Å²) < 4.78 is 18.4. The third-order valence-corrected chi connectivity index (χ3v) is 8.79. The first kappa shape index (κ1) is 33.0. The monoisotopic (exact) mass is 687 g/mol. The van der Waals surface area contributed by atoms with Crippen LogP contribution in [-0.2, 0) is 35.7 Å². The fourth-order valence-corrected chi connectivity index (χ4v) is 6.34. The fourth-order valence-electron chi connectivity index (χ4n) is 6.34. The average Bonchev–Trinajstić information content (AvgIpc) is 3.84. The summed E-state index contributed by atoms with van der Waals surface area (Å²) in [5, 5.41) is 28.7. The van der Waals surface area contributed by atoms with Crippen LogP contribution in [0.5, 0.6) is 11.5 Å². The Morgan fingerprint density at radius 2 is 1.82 bits per heavy atom. The molecule has 0 fully saturated rings. The van der Waals surface area contributed by atoms with E-state index in [2.05, 4.69) is 20.8 Å². The van der Waals surface area contributed by atoms with Crippen molar-refractivity contribution < 1.29 is 28.5 Å². The number of rotatable bonds is 12. The molecule has 2 aromatic heterocycles. The first-order chi connectivity index (χ1) is 24.9. The van der Waals surface area contributed by atoms with E-state index in [0.717, 1.165) is 27.5 Å². The normalized spacial score (nSPS) is 13.8. The predicted octanol–water partition coefficient (Wildman–Crippen LogP) is 5.41. The van der Waals surface area contributed by atoms with Crippen molar-refractivity contribution in [1.82, 2.24) is 30.4 Å². The van der Waals surface area contributed by atoms with Gasteiger partial charge in [-0.25, -0.2) is 0 Å². The maximum Gasteiger partial charge on any atom is 0.310 e. The Morgan fingerprint density at radius 3 is 2.69 bits per heavy atom. The van der Waals surface area contributed by atoms with Gasteiger partial charge >= 0.3 is 5.69 Å². The Labute approximate surface area is 291 Å². The number of aryl methyl sites for hydroxylation is 1. The standard InChI is InChI=1S/C37H33N7O7/c1-49-33-15-14-24-8-2-4-10-28(24)35(33)30-20-27(51-40-30)21-38-37(46)36-29-11-5-3-9-25(29)16-19-43(36)34(45)17-18-42-22-26(39-41-42)23-50-32-13-7-6-12-31(32)44(47)48/h2-15,20,22,36H,16-19,21,23H2,1H3,(H,38,46). The third-order valence-electron chi connectivity index (χ3n) is 8.79. The summed E-state index contributed by atoms with van der Waals surface area (Å²) in [6.07, 6.45) is 2.30. The van der Waals surface area contributed by atoms with Crippen LogP contribution in [0.2, 0.25) is 0 Å². The molecule has 1 aliphatic rings. The van der Waals surface area contributed by atoms with E-state index in [1.54, 1.807) is 36.4 Å². The number of nitrogens with zero attached hydrogens (tertiary/aromatic N) is 6. The van der Waals surface area contributed by atoms with Crippen molar-refractivity contribution in [2.24, 2.45) is 0 Å². The molecule has 14 nitrogen and oxygen atoms in total. The van der Waals surface area contributed by atoms with Gasteiger partial charge in [-0.1, -0.05) is 77.1 Å². The van der Waals surface area contributed by atoms with Crippen molar-refractivity contribution in [3.63, 3.8) is 0 Å². The van der Waals surface area contributed by atoms with E-state index < -0.39 is 11.0 Å². The Hall–Kier alpha value is -6.57. The van der Waals surface area contributed by atoms with Crippen molar-refractivity contribution in [2.75, 3.05) is 13.7 Å². The minimum atomic E-state index is -0.843. The van der Waals surface area contributed by atoms with Crippen molar-refractivity contribution in [3.05, 3.63) is 130 Å². The highest BCUT2D eigenvalue weighted by Gasteiger charge is 2.35. The average molecular weight is 688 g/mol. The number of benzene rings is 4. The van der Waals surface area contributed by atoms with Crippen LogP contribution >= 0.6 is 0 Å². The molecule has 0 saturated heterocycles. The fraction of sp³-hybridized carbons (Fsp3) is 0.216. The molecule has 2 amide bonds. The molecule has 1 atom stereocenters. The van der Waals surface area contributed by atoms with Gasteiger partial charge in [0.15, 0.2) is 11.5 Å². The van der Waals surface area contributed by atoms with Gasteiger partial charge in [-0.3, -0.25) is 24.4 Å². The number of hydrogen-bond acceptors (Lipinski definition) is 10. The quantitative estimate of drug-likeness (QED) is 0.130. The number of ether oxygens (including phenoxy) is 2. The molecule has 0 bridgehead atoms. The Kier molecular flexibility index (Phi) is 9.37. The van der Waals surface area contributed by atoms with Crippen LogP contribution < -0.4 is 14.8 Å². The van der Waals surface area contributed by atoms with Crippen LogP contribution in [0.25, 0.3) is 22.0 Å². The third kappa shape index (κ3) is 6.97. The number of nitro benzene ring substituents is 1. The zero-order chi connectivity index (χ0) is 35.3. The Bertz CT molecular complexity index is 2230. The summed E-state index contributed by atoms with van der Waals surface area (Å²) in [6, 6.07) is 26.4. The molecule has 258 valence electrons. The molecule has 7 rings (SSSR count). The van der Waals surface area contributed by atoms with E-state index >= 15 is 0 Å². The molecule has 1 N–H and O–H groups in total. The number of nitro groups is 1. The lowest BCUT2D eigenvalue weighted by molar-refractivity contribution is -0.385. The number of para-hydroxylation sites is 2. The van der Waals surface area contributed by atoms with Crippen LogP contribution in [-0.4, -0.2) is 55.4 Å². The smallest absolute Gasteiger partial charge is 0.310 e. The van der Waals surface area contributed by atoms with Gasteiger partial charge in [0.2, 0.25) is 11.8 Å². The highest BCUT2D eigenvalue weighted by atomic mass is 16.6. The van der Waals surface area contributed by atoms with Crippen molar-refractivity contribution in [3.8, 4) is 22.8 Å². The molecule has 3 heterocycles. The van der Waals surface area contributed by atoms with Crippen LogP contribution in [0, 0.1) is 10.1 Å². The zero-order valence-corrected chi connectivity index (χ0v) is 27.6. The number of aromatic nitrogens is 4. The molecule has 0 aliphatic carbocycles. The van der Waals surface area contributed by atoms with Gasteiger partial charge in [0.25, 0.3) is 0 Å². The molecule has 14 heteroatoms. The molecule has 4 aromatic carbocycles. The van der Waals surface area contributed by atoms with E-state index in [-0.39, 0.29) is 49.4 Å². The van der Waals surface area contributed by atoms with Crippen molar-refractivity contribution >= 4 is 28.3 Å². The minimum Gasteiger partial charge on any atom is -0.496 e. The summed E-state index contributed by atoms with van der Waals surface area (Å²) in [4.78, 5) is 39.9. The van der Waals surface area contributed by atoms with Gasteiger partial charge in [-0.15, -0.1) is 5.10 Å². The maximum absolute atomic E-state index is 13.9. The Morgan fingerprint density at radius 1 is 1.02 bits per heavy atom. The number of amides is 2. The summed E-state index contributed by atoms with van der Waals surface area (Å²) in [7, 11) is 1.60. The zero-order valence-electron chi connectivity index (χ0n) is 27.6. The summed E-state index contributed by atoms with van der Waals surface area (Å²) >= 11 is 0. The van der Waals surface area contributed by atoms with Gasteiger partial charge in [-0.05, 0) is 40.5 Å². The second-order valence-corrected chi connectivity index (χ2v) is 11.9. The van der Waals surface area contributed by atoms with Crippen LogP contribution in [0.4, 0.5) is 5.69 Å². The molecule has 1 aliphatic heterocycles. The molecule has 0 radical (unpaired) electrons. The summed E-state index contributed by atoms with van der Waals surface area (Å²) in [5.41, 5.74) is 3.44. The van der Waals surface area contributed by atoms with E-state index in [1.807, 2.05) is 60.7 Å². The van der Waals surface area contributed by atoms with Crippen LogP contribution in [0.3, 0.4) is 0 Å². The second kappa shape index (κ2) is 14.5. The minimum absolute atomic E-state index is 0.0356. The van der Waals surface area contributed by atoms with Gasteiger partial charge in [-0.2, -0.15) is 0 Å².